The maximum atomic E-state index is 3.22. The van der Waals surface area contributed by atoms with Crippen LogP contribution in [0.5, 0.6) is 0 Å². The van der Waals surface area contributed by atoms with Crippen molar-refractivity contribution in [1.29, 1.82) is 0 Å². The van der Waals surface area contributed by atoms with E-state index in [1.54, 1.807) is 0 Å². The first-order valence-corrected chi connectivity index (χ1v) is 4.80. The summed E-state index contributed by atoms with van der Waals surface area (Å²) >= 11 is 0. The number of hydrogen-bond acceptors (Lipinski definition) is 1. The second kappa shape index (κ2) is 3.65. The van der Waals surface area contributed by atoms with Crippen molar-refractivity contribution in [1.82, 2.24) is 5.32 Å². The maximum absolute atomic E-state index is 3.22. The number of nitrogens with one attached hydrogen (secondary N) is 1. The Morgan fingerprint density at radius 2 is 2.08 bits per heavy atom. The summed E-state index contributed by atoms with van der Waals surface area (Å²) in [4.78, 5) is 0. The maximum Gasteiger partial charge on any atom is 0.0208 e. The summed E-state index contributed by atoms with van der Waals surface area (Å²) in [6, 6.07) is 8.81. The smallest absolute Gasteiger partial charge is 0.0208 e. The summed E-state index contributed by atoms with van der Waals surface area (Å²) in [6.07, 6.45) is 5.46. The molecule has 2 rings (SSSR count). The van der Waals surface area contributed by atoms with E-state index in [4.69, 9.17) is 0 Å². The molecule has 1 atom stereocenters. The molecule has 0 amide bonds. The van der Waals surface area contributed by atoms with Gasteiger partial charge >= 0.3 is 0 Å². The standard InChI is InChI=1S/C12H15N/c1-10-2-4-11(5-3-10)8-12-6-7-13-9-12/h2-7,12-13H,8-9H2,1H3. The summed E-state index contributed by atoms with van der Waals surface area (Å²) in [5.74, 6) is 0.683. The van der Waals surface area contributed by atoms with Crippen LogP contribution in [-0.4, -0.2) is 6.54 Å². The van der Waals surface area contributed by atoms with E-state index < -0.39 is 0 Å². The van der Waals surface area contributed by atoms with Crippen molar-refractivity contribution in [3.05, 3.63) is 47.7 Å². The molecule has 0 spiro atoms. The molecule has 0 bridgehead atoms. The lowest BCUT2D eigenvalue weighted by Gasteiger charge is -2.07. The number of benzene rings is 1. The van der Waals surface area contributed by atoms with Gasteiger partial charge in [0.05, 0.1) is 0 Å². The van der Waals surface area contributed by atoms with E-state index in [1.807, 2.05) is 0 Å². The summed E-state index contributed by atoms with van der Waals surface area (Å²) in [6.45, 7) is 3.22. The van der Waals surface area contributed by atoms with Crippen LogP contribution in [0.1, 0.15) is 11.1 Å². The molecular formula is C12H15N. The first-order valence-electron chi connectivity index (χ1n) is 4.80. The van der Waals surface area contributed by atoms with Crippen molar-refractivity contribution in [2.24, 2.45) is 5.92 Å². The molecule has 1 heterocycles. The second-order valence-electron chi connectivity index (χ2n) is 3.72. The second-order valence-corrected chi connectivity index (χ2v) is 3.72. The molecule has 0 saturated heterocycles. The number of rotatable bonds is 2. The van der Waals surface area contributed by atoms with E-state index >= 15 is 0 Å². The van der Waals surface area contributed by atoms with Gasteiger partial charge in [-0.05, 0) is 31.0 Å². The predicted molar refractivity (Wildman–Crippen MR) is 55.5 cm³/mol. The van der Waals surface area contributed by atoms with Gasteiger partial charge in [-0.3, -0.25) is 0 Å². The van der Waals surface area contributed by atoms with E-state index in [1.165, 1.54) is 11.1 Å². The average molecular weight is 173 g/mol. The van der Waals surface area contributed by atoms with Crippen LogP contribution in [-0.2, 0) is 6.42 Å². The van der Waals surface area contributed by atoms with Gasteiger partial charge in [0, 0.05) is 6.54 Å². The Hall–Kier alpha value is -1.24. The quantitative estimate of drug-likeness (QED) is 0.723. The van der Waals surface area contributed by atoms with Crippen molar-refractivity contribution in [3.8, 4) is 0 Å². The van der Waals surface area contributed by atoms with Crippen molar-refractivity contribution in [3.63, 3.8) is 0 Å². The summed E-state index contributed by atoms with van der Waals surface area (Å²) in [5, 5.41) is 3.22. The van der Waals surface area contributed by atoms with E-state index in [0.717, 1.165) is 13.0 Å². The molecule has 1 aliphatic heterocycles. The summed E-state index contributed by atoms with van der Waals surface area (Å²) < 4.78 is 0. The Labute approximate surface area is 79.5 Å². The fourth-order valence-electron chi connectivity index (χ4n) is 1.66. The monoisotopic (exact) mass is 173 g/mol. The molecule has 0 aliphatic carbocycles. The highest BCUT2D eigenvalue weighted by atomic mass is 14.9. The molecule has 13 heavy (non-hydrogen) atoms. The largest absolute Gasteiger partial charge is 0.391 e. The zero-order chi connectivity index (χ0) is 9.10. The van der Waals surface area contributed by atoms with E-state index in [0.29, 0.717) is 5.92 Å². The molecule has 68 valence electrons. The van der Waals surface area contributed by atoms with Gasteiger partial charge in [-0.1, -0.05) is 35.9 Å². The zero-order valence-electron chi connectivity index (χ0n) is 7.96. The van der Waals surface area contributed by atoms with Crippen LogP contribution in [0.4, 0.5) is 0 Å². The van der Waals surface area contributed by atoms with Crippen LogP contribution in [0.2, 0.25) is 0 Å². The van der Waals surface area contributed by atoms with E-state index in [-0.39, 0.29) is 0 Å². The summed E-state index contributed by atoms with van der Waals surface area (Å²) in [7, 11) is 0. The van der Waals surface area contributed by atoms with Gasteiger partial charge in [0.1, 0.15) is 0 Å². The van der Waals surface area contributed by atoms with Crippen LogP contribution in [0.3, 0.4) is 0 Å². The number of aryl methyl sites for hydroxylation is 1. The molecule has 1 nitrogen and oxygen atoms in total. The first-order chi connectivity index (χ1) is 6.34. The summed E-state index contributed by atoms with van der Waals surface area (Å²) in [5.41, 5.74) is 2.77. The average Bonchev–Trinajstić information content (AvgIpc) is 2.62. The fraction of sp³-hybridized carbons (Fsp3) is 0.333. The molecule has 1 N–H and O–H groups in total. The van der Waals surface area contributed by atoms with Gasteiger partial charge in [0.25, 0.3) is 0 Å². The molecule has 1 aromatic rings. The van der Waals surface area contributed by atoms with Crippen molar-refractivity contribution in [2.45, 2.75) is 13.3 Å². The molecule has 1 unspecified atom stereocenters. The fourth-order valence-corrected chi connectivity index (χ4v) is 1.66. The van der Waals surface area contributed by atoms with Gasteiger partial charge < -0.3 is 5.32 Å². The molecule has 0 radical (unpaired) electrons. The third-order valence-electron chi connectivity index (χ3n) is 2.48. The van der Waals surface area contributed by atoms with Gasteiger partial charge in [0.2, 0.25) is 0 Å². The van der Waals surface area contributed by atoms with Crippen LogP contribution in [0.15, 0.2) is 36.5 Å². The topological polar surface area (TPSA) is 12.0 Å². The third-order valence-corrected chi connectivity index (χ3v) is 2.48. The van der Waals surface area contributed by atoms with Crippen LogP contribution < -0.4 is 5.32 Å². The van der Waals surface area contributed by atoms with Crippen molar-refractivity contribution in [2.75, 3.05) is 6.54 Å². The SMILES string of the molecule is Cc1ccc(CC2C=CNC2)cc1. The van der Waals surface area contributed by atoms with E-state index in [2.05, 4.69) is 48.8 Å². The molecule has 0 aromatic heterocycles. The van der Waals surface area contributed by atoms with Crippen molar-refractivity contribution < 1.29 is 0 Å². The van der Waals surface area contributed by atoms with Gasteiger partial charge in [0.15, 0.2) is 0 Å². The Kier molecular flexibility index (Phi) is 2.35. The third kappa shape index (κ3) is 2.11. The lowest BCUT2D eigenvalue weighted by molar-refractivity contribution is 0.653. The molecule has 1 heteroatoms. The van der Waals surface area contributed by atoms with Crippen LogP contribution >= 0.6 is 0 Å². The molecule has 0 fully saturated rings. The van der Waals surface area contributed by atoms with Crippen LogP contribution in [0.25, 0.3) is 0 Å². The first kappa shape index (κ1) is 8.36. The predicted octanol–water partition coefficient (Wildman–Crippen LogP) is 2.27. The molecular weight excluding hydrogens is 158 g/mol. The minimum absolute atomic E-state index is 0.683. The highest BCUT2D eigenvalue weighted by Gasteiger charge is 2.08. The highest BCUT2D eigenvalue weighted by Crippen LogP contribution is 2.12. The Balaban J connectivity index is 2.01. The van der Waals surface area contributed by atoms with Gasteiger partial charge in [-0.15, -0.1) is 0 Å². The van der Waals surface area contributed by atoms with Crippen LogP contribution in [0, 0.1) is 12.8 Å². The van der Waals surface area contributed by atoms with Gasteiger partial charge in [-0.25, -0.2) is 0 Å². The van der Waals surface area contributed by atoms with Gasteiger partial charge in [-0.2, -0.15) is 0 Å². The zero-order valence-corrected chi connectivity index (χ0v) is 7.96. The minimum Gasteiger partial charge on any atom is -0.391 e. The van der Waals surface area contributed by atoms with Crippen molar-refractivity contribution >= 4 is 0 Å². The Morgan fingerprint density at radius 1 is 1.31 bits per heavy atom. The molecule has 0 saturated carbocycles. The lowest BCUT2D eigenvalue weighted by atomic mass is 10.00. The normalized spacial score (nSPS) is 20.2. The molecule has 1 aliphatic rings. The minimum atomic E-state index is 0.683. The molecule has 1 aromatic carbocycles. The Bertz CT molecular complexity index is 297. The lowest BCUT2D eigenvalue weighted by Crippen LogP contribution is -2.10. The highest BCUT2D eigenvalue weighted by molar-refractivity contribution is 5.22. The van der Waals surface area contributed by atoms with E-state index in [9.17, 15) is 0 Å². The number of hydrogen-bond donors (Lipinski definition) is 1. The Morgan fingerprint density at radius 3 is 2.69 bits per heavy atom.